The molecular formula is C10H10N4O3S. The number of hydrogen-bond acceptors (Lipinski definition) is 5. The zero-order valence-electron chi connectivity index (χ0n) is 9.43. The van der Waals surface area contributed by atoms with Gasteiger partial charge in [-0.2, -0.15) is 5.10 Å². The summed E-state index contributed by atoms with van der Waals surface area (Å²) in [4.78, 5) is 26.3. The molecule has 2 heterocycles. The highest BCUT2D eigenvalue weighted by Gasteiger charge is 2.13. The van der Waals surface area contributed by atoms with Crippen molar-refractivity contribution in [3.63, 3.8) is 0 Å². The van der Waals surface area contributed by atoms with Crippen molar-refractivity contribution in [1.82, 2.24) is 15.2 Å². The highest BCUT2D eigenvalue weighted by atomic mass is 32.1. The van der Waals surface area contributed by atoms with Gasteiger partial charge in [0.2, 0.25) is 0 Å². The van der Waals surface area contributed by atoms with Crippen LogP contribution in [-0.4, -0.2) is 32.2 Å². The lowest BCUT2D eigenvalue weighted by atomic mass is 10.2. The number of aromatic amines is 1. The monoisotopic (exact) mass is 266 g/mol. The Hall–Kier alpha value is -2.22. The molecule has 7 nitrogen and oxygen atoms in total. The Labute approximate surface area is 106 Å². The zero-order valence-corrected chi connectivity index (χ0v) is 10.2. The number of carbonyl (C=O) groups excluding carboxylic acids is 1. The minimum atomic E-state index is -0.955. The highest BCUT2D eigenvalue weighted by Crippen LogP contribution is 2.17. The number of nitrogens with zero attached hydrogens (tertiary/aromatic N) is 2. The third kappa shape index (κ3) is 2.72. The molecule has 0 aromatic carbocycles. The van der Waals surface area contributed by atoms with Crippen LogP contribution >= 0.6 is 11.3 Å². The first-order chi connectivity index (χ1) is 8.56. The Morgan fingerprint density at radius 1 is 1.56 bits per heavy atom. The van der Waals surface area contributed by atoms with Crippen molar-refractivity contribution in [2.24, 2.45) is 0 Å². The maximum absolute atomic E-state index is 11.8. The van der Waals surface area contributed by atoms with Crippen molar-refractivity contribution >= 4 is 28.3 Å². The Kier molecular flexibility index (Phi) is 3.38. The summed E-state index contributed by atoms with van der Waals surface area (Å²) in [5.74, 6) is -1.28. The van der Waals surface area contributed by atoms with Gasteiger partial charge in [0.15, 0.2) is 5.13 Å². The van der Waals surface area contributed by atoms with E-state index < -0.39 is 5.97 Å². The van der Waals surface area contributed by atoms with Crippen LogP contribution in [0.5, 0.6) is 0 Å². The van der Waals surface area contributed by atoms with Gasteiger partial charge in [0.25, 0.3) is 5.91 Å². The SMILES string of the molecule is Cc1[nH]ncc1C(=O)Nc1nc(CC(=O)O)cs1. The summed E-state index contributed by atoms with van der Waals surface area (Å²) in [5.41, 5.74) is 1.52. The molecule has 0 aliphatic heterocycles. The molecule has 3 N–H and O–H groups in total. The number of carboxylic acids is 1. The normalized spacial score (nSPS) is 10.3. The summed E-state index contributed by atoms with van der Waals surface area (Å²) in [6.07, 6.45) is 1.27. The number of thiazole rings is 1. The maximum Gasteiger partial charge on any atom is 0.309 e. The number of amides is 1. The predicted octanol–water partition coefficient (Wildman–Crippen LogP) is 1.05. The first-order valence-electron chi connectivity index (χ1n) is 5.04. The fourth-order valence-corrected chi connectivity index (χ4v) is 2.05. The second kappa shape index (κ2) is 4.96. The largest absolute Gasteiger partial charge is 0.481 e. The number of rotatable bonds is 4. The fourth-order valence-electron chi connectivity index (χ4n) is 1.34. The number of nitrogens with one attached hydrogen (secondary N) is 2. The average molecular weight is 266 g/mol. The molecule has 0 saturated heterocycles. The highest BCUT2D eigenvalue weighted by molar-refractivity contribution is 7.14. The van der Waals surface area contributed by atoms with Gasteiger partial charge in [-0.05, 0) is 6.92 Å². The van der Waals surface area contributed by atoms with Crippen LogP contribution in [-0.2, 0) is 11.2 Å². The van der Waals surface area contributed by atoms with Gasteiger partial charge in [0.1, 0.15) is 0 Å². The molecule has 2 rings (SSSR count). The molecule has 2 aromatic rings. The van der Waals surface area contributed by atoms with E-state index in [1.54, 1.807) is 12.3 Å². The van der Waals surface area contributed by atoms with Crippen LogP contribution < -0.4 is 5.32 Å². The van der Waals surface area contributed by atoms with Gasteiger partial charge in [0, 0.05) is 11.1 Å². The lowest BCUT2D eigenvalue weighted by Gasteiger charge is -1.99. The van der Waals surface area contributed by atoms with E-state index in [0.29, 0.717) is 22.1 Å². The van der Waals surface area contributed by atoms with Crippen molar-refractivity contribution in [2.75, 3.05) is 5.32 Å². The van der Waals surface area contributed by atoms with E-state index in [1.807, 2.05) is 0 Å². The topological polar surface area (TPSA) is 108 Å². The van der Waals surface area contributed by atoms with Crippen LogP contribution in [0.15, 0.2) is 11.6 Å². The number of aromatic nitrogens is 3. The molecule has 0 saturated carbocycles. The molecule has 0 fully saturated rings. The van der Waals surface area contributed by atoms with E-state index >= 15 is 0 Å². The first kappa shape index (κ1) is 12.2. The Bertz CT molecular complexity index is 589. The van der Waals surface area contributed by atoms with Gasteiger partial charge >= 0.3 is 5.97 Å². The number of aliphatic carboxylic acids is 1. The van der Waals surface area contributed by atoms with E-state index in [0.717, 1.165) is 0 Å². The lowest BCUT2D eigenvalue weighted by Crippen LogP contribution is -2.12. The van der Waals surface area contributed by atoms with Gasteiger partial charge in [-0.15, -0.1) is 11.3 Å². The summed E-state index contributed by atoms with van der Waals surface area (Å²) >= 11 is 1.19. The molecule has 0 aliphatic carbocycles. The number of carboxylic acid groups (broad SMARTS) is 1. The van der Waals surface area contributed by atoms with Crippen molar-refractivity contribution in [3.8, 4) is 0 Å². The van der Waals surface area contributed by atoms with E-state index in [-0.39, 0.29) is 12.3 Å². The number of hydrogen-bond donors (Lipinski definition) is 3. The number of carbonyl (C=O) groups is 2. The Morgan fingerprint density at radius 2 is 2.33 bits per heavy atom. The summed E-state index contributed by atoms with van der Waals surface area (Å²) in [5, 5.41) is 19.6. The summed E-state index contributed by atoms with van der Waals surface area (Å²) in [6.45, 7) is 1.74. The number of H-pyrrole nitrogens is 1. The number of anilines is 1. The van der Waals surface area contributed by atoms with Gasteiger partial charge in [-0.3, -0.25) is 20.0 Å². The Balaban J connectivity index is 2.06. The third-order valence-electron chi connectivity index (χ3n) is 2.18. The van der Waals surface area contributed by atoms with E-state index in [9.17, 15) is 9.59 Å². The summed E-state index contributed by atoms with van der Waals surface area (Å²) in [7, 11) is 0. The van der Waals surface area contributed by atoms with Gasteiger partial charge in [0.05, 0.1) is 23.9 Å². The van der Waals surface area contributed by atoms with Gasteiger partial charge in [-0.25, -0.2) is 4.98 Å². The van der Waals surface area contributed by atoms with E-state index in [1.165, 1.54) is 17.5 Å². The molecule has 0 bridgehead atoms. The molecule has 0 aliphatic rings. The molecule has 2 aromatic heterocycles. The van der Waals surface area contributed by atoms with Crippen LogP contribution in [0, 0.1) is 6.92 Å². The second-order valence-corrected chi connectivity index (χ2v) is 4.44. The Morgan fingerprint density at radius 3 is 2.94 bits per heavy atom. The van der Waals surface area contributed by atoms with Crippen molar-refractivity contribution in [1.29, 1.82) is 0 Å². The first-order valence-corrected chi connectivity index (χ1v) is 5.91. The van der Waals surface area contributed by atoms with Crippen molar-refractivity contribution < 1.29 is 14.7 Å². The molecule has 94 valence electrons. The fraction of sp³-hybridized carbons (Fsp3) is 0.200. The quantitative estimate of drug-likeness (QED) is 0.766. The second-order valence-electron chi connectivity index (χ2n) is 3.58. The molecular weight excluding hydrogens is 256 g/mol. The molecule has 0 spiro atoms. The van der Waals surface area contributed by atoms with Crippen LogP contribution in [0.3, 0.4) is 0 Å². The van der Waals surface area contributed by atoms with Crippen molar-refractivity contribution in [3.05, 3.63) is 28.5 Å². The molecule has 0 radical (unpaired) electrons. The number of aryl methyl sites for hydroxylation is 1. The van der Waals surface area contributed by atoms with Crippen molar-refractivity contribution in [2.45, 2.75) is 13.3 Å². The standard InChI is InChI=1S/C10H10N4O3S/c1-5-7(3-11-14-5)9(17)13-10-12-6(4-18-10)2-8(15)16/h3-4H,2H2,1H3,(H,11,14)(H,15,16)(H,12,13,17). The zero-order chi connectivity index (χ0) is 13.1. The summed E-state index contributed by atoms with van der Waals surface area (Å²) in [6, 6.07) is 0. The van der Waals surface area contributed by atoms with Crippen LogP contribution in [0.4, 0.5) is 5.13 Å². The smallest absolute Gasteiger partial charge is 0.309 e. The van der Waals surface area contributed by atoms with Gasteiger partial charge < -0.3 is 5.11 Å². The molecule has 0 atom stereocenters. The van der Waals surface area contributed by atoms with Gasteiger partial charge in [-0.1, -0.05) is 0 Å². The minimum Gasteiger partial charge on any atom is -0.481 e. The molecule has 1 amide bonds. The maximum atomic E-state index is 11.8. The van der Waals surface area contributed by atoms with Crippen LogP contribution in [0.1, 0.15) is 21.7 Å². The molecule has 18 heavy (non-hydrogen) atoms. The average Bonchev–Trinajstić information content (AvgIpc) is 2.87. The molecule has 0 unspecified atom stereocenters. The van der Waals surface area contributed by atoms with Crippen LogP contribution in [0.25, 0.3) is 0 Å². The predicted molar refractivity (Wildman–Crippen MR) is 64.7 cm³/mol. The van der Waals surface area contributed by atoms with Crippen LogP contribution in [0.2, 0.25) is 0 Å². The third-order valence-corrected chi connectivity index (χ3v) is 2.99. The summed E-state index contributed by atoms with van der Waals surface area (Å²) < 4.78 is 0. The van der Waals surface area contributed by atoms with E-state index in [4.69, 9.17) is 5.11 Å². The lowest BCUT2D eigenvalue weighted by molar-refractivity contribution is -0.136. The van der Waals surface area contributed by atoms with E-state index in [2.05, 4.69) is 20.5 Å². The minimum absolute atomic E-state index is 0.156. The molecule has 8 heteroatoms.